The first-order valence-corrected chi connectivity index (χ1v) is 19.6. The fourth-order valence-corrected chi connectivity index (χ4v) is 9.21. The van der Waals surface area contributed by atoms with Crippen LogP contribution in [0.2, 0.25) is 0 Å². The van der Waals surface area contributed by atoms with Crippen molar-refractivity contribution in [3.63, 3.8) is 0 Å². The summed E-state index contributed by atoms with van der Waals surface area (Å²) in [5.41, 5.74) is 17.2. The third-order valence-electron chi connectivity index (χ3n) is 11.8. The van der Waals surface area contributed by atoms with E-state index in [1.165, 1.54) is 55.6 Å². The van der Waals surface area contributed by atoms with E-state index in [0.29, 0.717) is 0 Å². The fraction of sp³-hybridized carbons (Fsp3) is 0.0182. The predicted octanol–water partition coefficient (Wildman–Crippen LogP) is 14.6. The second-order valence-corrected chi connectivity index (χ2v) is 14.8. The van der Waals surface area contributed by atoms with Crippen molar-refractivity contribution in [2.45, 2.75) is 5.41 Å². The highest BCUT2D eigenvalue weighted by molar-refractivity contribution is 5.91. The monoisotopic (exact) mass is 727 g/mol. The van der Waals surface area contributed by atoms with Gasteiger partial charge in [0, 0.05) is 33.8 Å². The standard InChI is InChI=1S/C55H37NO/c1-3-14-38(15-4-1)40-26-32-43(33-27-40)56(44-34-28-41(29-35-44)39-16-5-2-6-17-39)45-36-30-42(31-37-45)46-20-13-24-52-54(46)57-53-25-12-11-23-51(53)55(52)49-21-9-7-18-47(49)48-19-8-10-22-50(48)55/h1-37H. The summed E-state index contributed by atoms with van der Waals surface area (Å²) in [4.78, 5) is 2.34. The van der Waals surface area contributed by atoms with Crippen LogP contribution in [-0.2, 0) is 5.41 Å². The maximum absolute atomic E-state index is 6.98. The number of rotatable bonds is 6. The molecule has 9 aromatic carbocycles. The first-order chi connectivity index (χ1) is 28.3. The Bertz CT molecular complexity index is 2770. The van der Waals surface area contributed by atoms with Crippen LogP contribution in [0.5, 0.6) is 11.5 Å². The van der Waals surface area contributed by atoms with Crippen LogP contribution in [0.25, 0.3) is 44.5 Å². The zero-order valence-electron chi connectivity index (χ0n) is 31.2. The van der Waals surface area contributed by atoms with Gasteiger partial charge in [0.25, 0.3) is 0 Å². The lowest BCUT2D eigenvalue weighted by Crippen LogP contribution is -2.32. The van der Waals surface area contributed by atoms with Crippen LogP contribution >= 0.6 is 0 Å². The van der Waals surface area contributed by atoms with E-state index in [0.717, 1.165) is 39.7 Å². The highest BCUT2D eigenvalue weighted by Crippen LogP contribution is 2.63. The third-order valence-corrected chi connectivity index (χ3v) is 11.8. The molecular formula is C55H37NO. The molecular weight excluding hydrogens is 691 g/mol. The van der Waals surface area contributed by atoms with E-state index in [9.17, 15) is 0 Å². The SMILES string of the molecule is c1ccc(-c2ccc(N(c3ccc(-c4ccccc4)cc3)c3ccc(-c4cccc5c4Oc4ccccc4C54c5ccccc5-c5ccccc54)cc3)cc2)cc1. The quantitative estimate of drug-likeness (QED) is 0.169. The van der Waals surface area contributed by atoms with Gasteiger partial charge >= 0.3 is 0 Å². The smallest absolute Gasteiger partial charge is 0.140 e. The lowest BCUT2D eigenvalue weighted by Gasteiger charge is -2.40. The highest BCUT2D eigenvalue weighted by atomic mass is 16.5. The molecule has 0 aromatic heterocycles. The molecule has 11 rings (SSSR count). The van der Waals surface area contributed by atoms with E-state index in [1.54, 1.807) is 0 Å². The highest BCUT2D eigenvalue weighted by Gasteiger charge is 2.51. The number of benzene rings is 9. The minimum Gasteiger partial charge on any atom is -0.456 e. The largest absolute Gasteiger partial charge is 0.456 e. The van der Waals surface area contributed by atoms with Gasteiger partial charge < -0.3 is 9.64 Å². The van der Waals surface area contributed by atoms with Crippen LogP contribution in [-0.4, -0.2) is 0 Å². The second kappa shape index (κ2) is 13.4. The Hall–Kier alpha value is -7.42. The lowest BCUT2D eigenvalue weighted by atomic mass is 9.65. The fourth-order valence-electron chi connectivity index (χ4n) is 9.21. The van der Waals surface area contributed by atoms with Crippen molar-refractivity contribution in [3.05, 3.63) is 247 Å². The summed E-state index contributed by atoms with van der Waals surface area (Å²) in [5.74, 6) is 1.80. The Kier molecular flexibility index (Phi) is 7.75. The molecule has 2 heteroatoms. The molecule has 268 valence electrons. The van der Waals surface area contributed by atoms with Gasteiger partial charge in [-0.3, -0.25) is 0 Å². The van der Waals surface area contributed by atoms with Crippen LogP contribution in [0, 0.1) is 0 Å². The topological polar surface area (TPSA) is 12.5 Å². The maximum atomic E-state index is 6.98. The number of fused-ring (bicyclic) bond motifs is 9. The average molecular weight is 728 g/mol. The zero-order valence-corrected chi connectivity index (χ0v) is 31.2. The van der Waals surface area contributed by atoms with Gasteiger partial charge in [-0.1, -0.05) is 182 Å². The normalized spacial score (nSPS) is 12.8. The van der Waals surface area contributed by atoms with E-state index < -0.39 is 5.41 Å². The molecule has 0 fully saturated rings. The van der Waals surface area contributed by atoms with Crippen molar-refractivity contribution in [3.8, 4) is 56.0 Å². The summed E-state index contributed by atoms with van der Waals surface area (Å²) >= 11 is 0. The summed E-state index contributed by atoms with van der Waals surface area (Å²) in [7, 11) is 0. The van der Waals surface area contributed by atoms with Crippen LogP contribution < -0.4 is 9.64 Å². The molecule has 0 saturated heterocycles. The van der Waals surface area contributed by atoms with Crippen LogP contribution in [0.1, 0.15) is 22.3 Å². The summed E-state index contributed by atoms with van der Waals surface area (Å²) in [5, 5.41) is 0. The number of hydrogen-bond acceptors (Lipinski definition) is 2. The third kappa shape index (κ3) is 5.26. The van der Waals surface area contributed by atoms with Gasteiger partial charge in [-0.15, -0.1) is 0 Å². The van der Waals surface area contributed by atoms with Crippen LogP contribution in [0.3, 0.4) is 0 Å². The molecule has 2 aliphatic rings. The van der Waals surface area contributed by atoms with Crippen LogP contribution in [0.4, 0.5) is 17.1 Å². The molecule has 0 unspecified atom stereocenters. The molecule has 1 spiro atoms. The molecule has 0 N–H and O–H groups in total. The van der Waals surface area contributed by atoms with Crippen molar-refractivity contribution in [2.24, 2.45) is 0 Å². The molecule has 0 bridgehead atoms. The van der Waals surface area contributed by atoms with Gasteiger partial charge in [0.15, 0.2) is 0 Å². The molecule has 1 aliphatic heterocycles. The maximum Gasteiger partial charge on any atom is 0.140 e. The van der Waals surface area contributed by atoms with E-state index in [-0.39, 0.29) is 0 Å². The lowest BCUT2D eigenvalue weighted by molar-refractivity contribution is 0.438. The van der Waals surface area contributed by atoms with E-state index in [4.69, 9.17) is 4.74 Å². The van der Waals surface area contributed by atoms with E-state index in [2.05, 4.69) is 229 Å². The van der Waals surface area contributed by atoms with E-state index in [1.807, 2.05) is 0 Å². The summed E-state index contributed by atoms with van der Waals surface area (Å²) in [6.07, 6.45) is 0. The van der Waals surface area contributed by atoms with Crippen molar-refractivity contribution in [1.29, 1.82) is 0 Å². The first-order valence-electron chi connectivity index (χ1n) is 19.6. The minimum atomic E-state index is -0.498. The number of para-hydroxylation sites is 2. The molecule has 0 amide bonds. The number of hydrogen-bond donors (Lipinski definition) is 0. The van der Waals surface area contributed by atoms with Crippen molar-refractivity contribution in [1.82, 2.24) is 0 Å². The van der Waals surface area contributed by atoms with Gasteiger partial charge in [-0.2, -0.15) is 0 Å². The molecule has 0 radical (unpaired) electrons. The average Bonchev–Trinajstić information content (AvgIpc) is 3.58. The van der Waals surface area contributed by atoms with Gasteiger partial charge in [0.2, 0.25) is 0 Å². The Morgan fingerprint density at radius 3 is 1.19 bits per heavy atom. The molecule has 2 nitrogen and oxygen atoms in total. The van der Waals surface area contributed by atoms with Gasteiger partial charge in [0.1, 0.15) is 11.5 Å². The Labute approximate surface area is 333 Å². The van der Waals surface area contributed by atoms with Gasteiger partial charge in [0.05, 0.1) is 5.41 Å². The summed E-state index contributed by atoms with van der Waals surface area (Å²) < 4.78 is 6.98. The summed E-state index contributed by atoms with van der Waals surface area (Å²) in [6.45, 7) is 0. The molecule has 0 saturated carbocycles. The predicted molar refractivity (Wildman–Crippen MR) is 235 cm³/mol. The molecule has 57 heavy (non-hydrogen) atoms. The van der Waals surface area contributed by atoms with Crippen molar-refractivity contribution < 1.29 is 4.74 Å². The number of nitrogens with zero attached hydrogens (tertiary/aromatic N) is 1. The molecule has 0 atom stereocenters. The summed E-state index contributed by atoms with van der Waals surface area (Å²) in [6, 6.07) is 80.8. The van der Waals surface area contributed by atoms with Crippen LogP contribution in [0.15, 0.2) is 224 Å². The minimum absolute atomic E-state index is 0.498. The Morgan fingerprint density at radius 1 is 0.281 bits per heavy atom. The molecule has 1 heterocycles. The number of anilines is 3. The Morgan fingerprint density at radius 2 is 0.667 bits per heavy atom. The van der Waals surface area contributed by atoms with Crippen molar-refractivity contribution >= 4 is 17.1 Å². The van der Waals surface area contributed by atoms with Crippen molar-refractivity contribution in [2.75, 3.05) is 4.90 Å². The molecule has 9 aromatic rings. The van der Waals surface area contributed by atoms with Gasteiger partial charge in [-0.25, -0.2) is 0 Å². The number of ether oxygens (including phenoxy) is 1. The van der Waals surface area contributed by atoms with Gasteiger partial charge in [-0.05, 0) is 92.5 Å². The Balaban J connectivity index is 1.03. The van der Waals surface area contributed by atoms with E-state index >= 15 is 0 Å². The zero-order chi connectivity index (χ0) is 37.8. The first kappa shape index (κ1) is 33.0. The molecule has 1 aliphatic carbocycles. The second-order valence-electron chi connectivity index (χ2n) is 14.8.